The molecule has 0 unspecified atom stereocenters. The zero-order chi connectivity index (χ0) is 19.3. The predicted molar refractivity (Wildman–Crippen MR) is 110 cm³/mol. The summed E-state index contributed by atoms with van der Waals surface area (Å²) < 4.78 is 0. The highest BCUT2D eigenvalue weighted by Crippen LogP contribution is 2.22. The first-order valence-electron chi connectivity index (χ1n) is 10.1. The van der Waals surface area contributed by atoms with Crippen molar-refractivity contribution in [3.63, 3.8) is 0 Å². The summed E-state index contributed by atoms with van der Waals surface area (Å²) in [6, 6.07) is 11.2. The number of benzene rings is 1. The molecule has 0 radical (unpaired) electrons. The molecule has 2 fully saturated rings. The second-order valence-corrected chi connectivity index (χ2v) is 7.48. The molecule has 2 aromatic rings. The second kappa shape index (κ2) is 8.42. The number of nitrogens with zero attached hydrogens (tertiary/aromatic N) is 3. The van der Waals surface area contributed by atoms with E-state index in [4.69, 9.17) is 0 Å². The molecular formula is C22H26N4O2. The Morgan fingerprint density at radius 2 is 1.54 bits per heavy atom. The summed E-state index contributed by atoms with van der Waals surface area (Å²) in [5, 5.41) is 2.88. The molecule has 2 amide bonds. The molecule has 1 aromatic heterocycles. The van der Waals surface area contributed by atoms with E-state index >= 15 is 0 Å². The molecule has 2 saturated heterocycles. The number of rotatable bonds is 4. The van der Waals surface area contributed by atoms with Crippen LogP contribution in [0, 0.1) is 0 Å². The zero-order valence-corrected chi connectivity index (χ0v) is 16.1. The van der Waals surface area contributed by atoms with Gasteiger partial charge in [0.15, 0.2) is 0 Å². The van der Waals surface area contributed by atoms with Crippen LogP contribution in [0.25, 0.3) is 0 Å². The maximum Gasteiger partial charge on any atom is 0.274 e. The molecule has 0 saturated carbocycles. The number of amides is 2. The molecule has 4 rings (SSSR count). The van der Waals surface area contributed by atoms with Gasteiger partial charge in [-0.1, -0.05) is 0 Å². The molecule has 0 atom stereocenters. The molecule has 1 N–H and O–H groups in total. The van der Waals surface area contributed by atoms with Gasteiger partial charge in [0.1, 0.15) is 5.69 Å². The number of piperidine rings is 1. The van der Waals surface area contributed by atoms with E-state index in [9.17, 15) is 9.59 Å². The van der Waals surface area contributed by atoms with Crippen LogP contribution in [0.4, 0.5) is 11.4 Å². The Bertz CT molecular complexity index is 838. The number of carbonyl (C=O) groups excluding carboxylic acids is 2. The van der Waals surface area contributed by atoms with Gasteiger partial charge in [-0.2, -0.15) is 0 Å². The first-order valence-corrected chi connectivity index (χ1v) is 10.1. The lowest BCUT2D eigenvalue weighted by molar-refractivity contribution is 0.0724. The van der Waals surface area contributed by atoms with Crippen molar-refractivity contribution in [2.24, 2.45) is 0 Å². The smallest absolute Gasteiger partial charge is 0.274 e. The quantitative estimate of drug-likeness (QED) is 0.883. The fourth-order valence-corrected chi connectivity index (χ4v) is 3.89. The lowest BCUT2D eigenvalue weighted by Crippen LogP contribution is -2.35. The molecule has 146 valence electrons. The van der Waals surface area contributed by atoms with Gasteiger partial charge in [0.25, 0.3) is 11.8 Å². The Hall–Kier alpha value is -2.89. The first-order chi connectivity index (χ1) is 13.7. The van der Waals surface area contributed by atoms with Crippen LogP contribution in [0.15, 0.2) is 42.6 Å². The van der Waals surface area contributed by atoms with E-state index in [1.54, 1.807) is 12.1 Å². The van der Waals surface area contributed by atoms with Gasteiger partial charge in [-0.25, -0.2) is 0 Å². The predicted octanol–water partition coefficient (Wildman–Crippen LogP) is 3.56. The standard InChI is InChI=1S/C22H26N4O2/c27-21(24-18-6-8-19(9-7-18)25-12-4-5-13-25)20-16-17(10-11-23-20)22(28)26-14-2-1-3-15-26/h6-11,16H,1-5,12-15H2,(H,24,27). The van der Waals surface area contributed by atoms with Gasteiger partial charge in [0.05, 0.1) is 0 Å². The largest absolute Gasteiger partial charge is 0.372 e. The van der Waals surface area contributed by atoms with Crippen LogP contribution >= 0.6 is 0 Å². The summed E-state index contributed by atoms with van der Waals surface area (Å²) in [6.45, 7) is 3.75. The van der Waals surface area contributed by atoms with Crippen molar-refractivity contribution in [3.05, 3.63) is 53.9 Å². The summed E-state index contributed by atoms with van der Waals surface area (Å²) in [7, 11) is 0. The fourth-order valence-electron chi connectivity index (χ4n) is 3.89. The van der Waals surface area contributed by atoms with Crippen LogP contribution < -0.4 is 10.2 Å². The van der Waals surface area contributed by atoms with Crippen LogP contribution in [0.2, 0.25) is 0 Å². The lowest BCUT2D eigenvalue weighted by atomic mass is 10.1. The summed E-state index contributed by atoms with van der Waals surface area (Å²) in [6.07, 6.45) is 7.25. The Balaban J connectivity index is 1.42. The Kier molecular flexibility index (Phi) is 5.55. The van der Waals surface area contributed by atoms with Crippen molar-refractivity contribution in [1.29, 1.82) is 0 Å². The summed E-state index contributed by atoms with van der Waals surface area (Å²) >= 11 is 0. The molecule has 3 heterocycles. The molecular weight excluding hydrogens is 352 g/mol. The zero-order valence-electron chi connectivity index (χ0n) is 16.1. The SMILES string of the molecule is O=C(Nc1ccc(N2CCCC2)cc1)c1cc(C(=O)N2CCCCC2)ccn1. The van der Waals surface area contributed by atoms with Gasteiger partial charge in [0.2, 0.25) is 0 Å². The third kappa shape index (κ3) is 4.16. The molecule has 6 nitrogen and oxygen atoms in total. The van der Waals surface area contributed by atoms with Gasteiger partial charge in [-0.3, -0.25) is 14.6 Å². The van der Waals surface area contributed by atoms with Crippen LogP contribution in [0.3, 0.4) is 0 Å². The number of nitrogens with one attached hydrogen (secondary N) is 1. The highest BCUT2D eigenvalue weighted by Gasteiger charge is 2.20. The van der Waals surface area contributed by atoms with Gasteiger partial charge in [-0.15, -0.1) is 0 Å². The number of pyridine rings is 1. The molecule has 2 aliphatic rings. The molecule has 2 aliphatic heterocycles. The minimum absolute atomic E-state index is 0.0221. The van der Waals surface area contributed by atoms with Gasteiger partial charge in [0, 0.05) is 49.3 Å². The third-order valence-corrected chi connectivity index (χ3v) is 5.48. The number of anilines is 2. The van der Waals surface area contributed by atoms with E-state index < -0.39 is 0 Å². The van der Waals surface area contributed by atoms with Gasteiger partial charge >= 0.3 is 0 Å². The van der Waals surface area contributed by atoms with E-state index in [-0.39, 0.29) is 17.5 Å². The van der Waals surface area contributed by atoms with E-state index in [0.29, 0.717) is 5.56 Å². The Morgan fingerprint density at radius 3 is 2.25 bits per heavy atom. The van der Waals surface area contributed by atoms with E-state index in [2.05, 4.69) is 15.2 Å². The van der Waals surface area contributed by atoms with Crippen molar-refractivity contribution in [1.82, 2.24) is 9.88 Å². The maximum atomic E-state index is 12.7. The Morgan fingerprint density at radius 1 is 0.857 bits per heavy atom. The second-order valence-electron chi connectivity index (χ2n) is 7.48. The van der Waals surface area contributed by atoms with Crippen molar-refractivity contribution in [2.45, 2.75) is 32.1 Å². The highest BCUT2D eigenvalue weighted by atomic mass is 16.2. The number of carbonyl (C=O) groups is 2. The molecule has 0 bridgehead atoms. The van der Waals surface area contributed by atoms with E-state index in [1.807, 2.05) is 29.2 Å². The number of likely N-dealkylation sites (tertiary alicyclic amines) is 1. The normalized spacial score (nSPS) is 16.9. The third-order valence-electron chi connectivity index (χ3n) is 5.48. The fraction of sp³-hybridized carbons (Fsp3) is 0.409. The van der Waals surface area contributed by atoms with Crippen molar-refractivity contribution in [3.8, 4) is 0 Å². The molecule has 6 heteroatoms. The topological polar surface area (TPSA) is 65.5 Å². The highest BCUT2D eigenvalue weighted by molar-refractivity contribution is 6.04. The molecule has 1 aromatic carbocycles. The summed E-state index contributed by atoms with van der Waals surface area (Å²) in [4.78, 5) is 33.6. The lowest BCUT2D eigenvalue weighted by Gasteiger charge is -2.26. The monoisotopic (exact) mass is 378 g/mol. The van der Waals surface area contributed by atoms with Crippen molar-refractivity contribution in [2.75, 3.05) is 36.4 Å². The average Bonchev–Trinajstić information content (AvgIpc) is 3.29. The van der Waals surface area contributed by atoms with Crippen LogP contribution in [0.5, 0.6) is 0 Å². The van der Waals surface area contributed by atoms with E-state index in [1.165, 1.54) is 31.1 Å². The Labute approximate surface area is 165 Å². The van der Waals surface area contributed by atoms with E-state index in [0.717, 1.165) is 44.7 Å². The summed E-state index contributed by atoms with van der Waals surface area (Å²) in [5.74, 6) is -0.326. The number of aromatic nitrogens is 1. The van der Waals surface area contributed by atoms with Crippen LogP contribution in [-0.2, 0) is 0 Å². The van der Waals surface area contributed by atoms with Crippen molar-refractivity contribution >= 4 is 23.2 Å². The van der Waals surface area contributed by atoms with Gasteiger partial charge < -0.3 is 15.1 Å². The van der Waals surface area contributed by atoms with Crippen molar-refractivity contribution < 1.29 is 9.59 Å². The minimum atomic E-state index is -0.304. The van der Waals surface area contributed by atoms with Crippen LogP contribution in [0.1, 0.15) is 53.0 Å². The molecule has 0 spiro atoms. The molecule has 28 heavy (non-hydrogen) atoms. The minimum Gasteiger partial charge on any atom is -0.372 e. The van der Waals surface area contributed by atoms with Crippen LogP contribution in [-0.4, -0.2) is 47.9 Å². The molecule has 0 aliphatic carbocycles. The number of hydrogen-bond acceptors (Lipinski definition) is 4. The maximum absolute atomic E-state index is 12.7. The average molecular weight is 378 g/mol. The van der Waals surface area contributed by atoms with Gasteiger partial charge in [-0.05, 0) is 68.5 Å². The number of hydrogen-bond donors (Lipinski definition) is 1. The summed E-state index contributed by atoms with van der Waals surface area (Å²) in [5.41, 5.74) is 2.68. The first kappa shape index (κ1) is 18.5.